The minimum absolute atomic E-state index is 0. The van der Waals surface area contributed by atoms with Gasteiger partial charge in [-0.3, -0.25) is 0 Å². The molecule has 0 saturated heterocycles. The van der Waals surface area contributed by atoms with Crippen molar-refractivity contribution in [3.05, 3.63) is 0 Å². The topological polar surface area (TPSA) is 60.2 Å². The van der Waals surface area contributed by atoms with Crippen LogP contribution in [-0.4, -0.2) is 44.2 Å². The summed E-state index contributed by atoms with van der Waals surface area (Å²) in [5, 5.41) is 4.33. The van der Waals surface area contributed by atoms with Crippen molar-refractivity contribution in [3.63, 3.8) is 0 Å². The number of sulfonamides is 1. The molecule has 34 valence electrons. The third kappa shape index (κ3) is 90.6. The van der Waals surface area contributed by atoms with E-state index < -0.39 is 10.0 Å². The van der Waals surface area contributed by atoms with E-state index in [2.05, 4.69) is 5.14 Å². The molecule has 5 heteroatoms. The number of rotatable bonds is 0. The van der Waals surface area contributed by atoms with Crippen LogP contribution in [0.4, 0.5) is 0 Å². The van der Waals surface area contributed by atoms with E-state index in [1.807, 2.05) is 0 Å². The predicted octanol–water partition coefficient (Wildman–Crippen LogP) is -1.74. The normalized spacial score (nSPS) is 9.67. The third-order valence-electron chi connectivity index (χ3n) is 0. The van der Waals surface area contributed by atoms with Crippen molar-refractivity contribution in [2.45, 2.75) is 0 Å². The van der Waals surface area contributed by atoms with E-state index in [4.69, 9.17) is 0 Å². The fraction of sp³-hybridized carbons (Fsp3) is 1.00. The maximum absolute atomic E-state index is 9.41. The number of hydrogen-bond acceptors (Lipinski definition) is 2. The molecule has 0 rings (SSSR count). The zero-order valence-corrected chi connectivity index (χ0v) is 3.62. The summed E-state index contributed by atoms with van der Waals surface area (Å²) in [5.74, 6) is 0. The Kier molecular flexibility index (Phi) is 4.98. The summed E-state index contributed by atoms with van der Waals surface area (Å²) in [7, 11) is -3.17. The molecule has 0 aliphatic rings. The summed E-state index contributed by atoms with van der Waals surface area (Å²) >= 11 is 0. The van der Waals surface area contributed by atoms with Crippen molar-refractivity contribution in [3.8, 4) is 0 Å². The first kappa shape index (κ1) is 10.0. The van der Waals surface area contributed by atoms with Gasteiger partial charge in [-0.25, -0.2) is 13.6 Å². The molecule has 0 amide bonds. The molecule has 0 aliphatic heterocycles. The third-order valence-corrected chi connectivity index (χ3v) is 0. The first-order valence-electron chi connectivity index (χ1n) is 0.977. The van der Waals surface area contributed by atoms with E-state index in [1.165, 1.54) is 0 Å². The second-order valence-electron chi connectivity index (χ2n) is 0.830. The van der Waals surface area contributed by atoms with E-state index in [1.54, 1.807) is 0 Å². The van der Waals surface area contributed by atoms with Gasteiger partial charge in [-0.05, 0) is 0 Å². The first-order valence-corrected chi connectivity index (χ1v) is 2.93. The average molecular weight is 119 g/mol. The standard InChI is InChI=1S/CH5NO2S.Na.H/c1-5(2,3)4;;/h1H3,(H2,2,3,4);;. The Bertz CT molecular complexity index is 96.7. The molecule has 0 unspecified atom stereocenters. The summed E-state index contributed by atoms with van der Waals surface area (Å²) in [5.41, 5.74) is 0. The Balaban J connectivity index is 0. The number of hydrogen-bond donors (Lipinski definition) is 1. The van der Waals surface area contributed by atoms with Crippen molar-refractivity contribution in [2.24, 2.45) is 5.14 Å². The van der Waals surface area contributed by atoms with Crippen molar-refractivity contribution >= 4 is 39.6 Å². The molecule has 0 fully saturated rings. The molecular formula is CH6NNaO2S. The molecule has 0 spiro atoms. The Morgan fingerprint density at radius 2 is 1.50 bits per heavy atom. The minimum atomic E-state index is -3.17. The molecule has 6 heavy (non-hydrogen) atoms. The van der Waals surface area contributed by atoms with Crippen LogP contribution in [0.1, 0.15) is 0 Å². The summed E-state index contributed by atoms with van der Waals surface area (Å²) in [6.45, 7) is 0. The van der Waals surface area contributed by atoms with Gasteiger partial charge < -0.3 is 0 Å². The Labute approximate surface area is 59.3 Å². The van der Waals surface area contributed by atoms with E-state index in [0.29, 0.717) is 0 Å². The molecule has 0 aromatic heterocycles. The SMILES string of the molecule is CS(N)(=O)=O.[NaH]. The molecule has 0 radical (unpaired) electrons. The van der Waals surface area contributed by atoms with Crippen molar-refractivity contribution < 1.29 is 8.42 Å². The van der Waals surface area contributed by atoms with E-state index in [0.717, 1.165) is 6.26 Å². The molecule has 0 aliphatic carbocycles. The average Bonchev–Trinajstić information content (AvgIpc) is 0.722. The molecule has 3 nitrogen and oxygen atoms in total. The van der Waals surface area contributed by atoms with Gasteiger partial charge in [0.2, 0.25) is 10.0 Å². The predicted molar refractivity (Wildman–Crippen MR) is 26.2 cm³/mol. The molecular weight excluding hydrogens is 113 g/mol. The Morgan fingerprint density at radius 3 is 1.50 bits per heavy atom. The van der Waals surface area contributed by atoms with Crippen LogP contribution in [0.5, 0.6) is 0 Å². The van der Waals surface area contributed by atoms with Gasteiger partial charge in [-0.1, -0.05) is 0 Å². The molecule has 2 N–H and O–H groups in total. The maximum atomic E-state index is 9.41. The van der Waals surface area contributed by atoms with Gasteiger partial charge >= 0.3 is 29.6 Å². The van der Waals surface area contributed by atoms with Gasteiger partial charge in [0.1, 0.15) is 0 Å². The first-order chi connectivity index (χ1) is 2.00. The van der Waals surface area contributed by atoms with Crippen LogP contribution in [0.2, 0.25) is 0 Å². The summed E-state index contributed by atoms with van der Waals surface area (Å²) < 4.78 is 18.8. The molecule has 0 saturated carbocycles. The fourth-order valence-corrected chi connectivity index (χ4v) is 0. The number of nitrogens with two attached hydrogens (primary N) is 1. The van der Waals surface area contributed by atoms with Gasteiger partial charge in [0.15, 0.2) is 0 Å². The van der Waals surface area contributed by atoms with Crippen LogP contribution < -0.4 is 5.14 Å². The van der Waals surface area contributed by atoms with Crippen LogP contribution in [0, 0.1) is 0 Å². The zero-order valence-electron chi connectivity index (χ0n) is 2.80. The van der Waals surface area contributed by atoms with Gasteiger partial charge in [0, 0.05) is 0 Å². The quantitative estimate of drug-likeness (QED) is 0.385. The van der Waals surface area contributed by atoms with E-state index in [-0.39, 0.29) is 29.6 Å². The van der Waals surface area contributed by atoms with Crippen molar-refractivity contribution in [1.29, 1.82) is 0 Å². The Morgan fingerprint density at radius 1 is 1.50 bits per heavy atom. The van der Waals surface area contributed by atoms with Gasteiger partial charge in [-0.2, -0.15) is 0 Å². The monoisotopic (exact) mass is 119 g/mol. The van der Waals surface area contributed by atoms with Crippen LogP contribution >= 0.6 is 0 Å². The van der Waals surface area contributed by atoms with Crippen LogP contribution in [0.25, 0.3) is 0 Å². The van der Waals surface area contributed by atoms with Crippen LogP contribution in [0.15, 0.2) is 0 Å². The van der Waals surface area contributed by atoms with Crippen molar-refractivity contribution in [2.75, 3.05) is 6.26 Å². The molecule has 0 heterocycles. The summed E-state index contributed by atoms with van der Waals surface area (Å²) in [6.07, 6.45) is 0.938. The second kappa shape index (κ2) is 2.98. The van der Waals surface area contributed by atoms with Gasteiger partial charge in [0.05, 0.1) is 6.26 Å². The molecule has 0 aromatic carbocycles. The van der Waals surface area contributed by atoms with Crippen LogP contribution in [-0.2, 0) is 10.0 Å². The fourth-order valence-electron chi connectivity index (χ4n) is 0. The van der Waals surface area contributed by atoms with E-state index >= 15 is 0 Å². The van der Waals surface area contributed by atoms with Gasteiger partial charge in [-0.15, -0.1) is 0 Å². The molecule has 0 bridgehead atoms. The second-order valence-corrected chi connectivity index (χ2v) is 2.49. The Hall–Kier alpha value is 0.910. The molecule has 0 atom stereocenters. The van der Waals surface area contributed by atoms with Crippen molar-refractivity contribution in [1.82, 2.24) is 0 Å². The zero-order chi connectivity index (χ0) is 4.50. The number of primary sulfonamides is 1. The van der Waals surface area contributed by atoms with E-state index in [9.17, 15) is 8.42 Å². The van der Waals surface area contributed by atoms with Crippen LogP contribution in [0.3, 0.4) is 0 Å². The summed E-state index contributed by atoms with van der Waals surface area (Å²) in [4.78, 5) is 0. The summed E-state index contributed by atoms with van der Waals surface area (Å²) in [6, 6.07) is 0. The van der Waals surface area contributed by atoms with Gasteiger partial charge in [0.25, 0.3) is 0 Å². The molecule has 0 aromatic rings.